The zero-order valence-electron chi connectivity index (χ0n) is 5.87. The molecule has 0 heterocycles. The smallest absolute Gasteiger partial charge is 0.329 e. The molecule has 6 nitrogen and oxygen atoms in total. The Kier molecular flexibility index (Phi) is 4.21. The van der Waals surface area contributed by atoms with Gasteiger partial charge in [0.25, 0.3) is 0 Å². The Bertz CT molecular complexity index is 271. The van der Waals surface area contributed by atoms with E-state index in [1.54, 1.807) is 0 Å². The first kappa shape index (κ1) is 11.4. The van der Waals surface area contributed by atoms with Gasteiger partial charge >= 0.3 is 15.1 Å². The highest BCUT2D eigenvalue weighted by atomic mass is 33.1. The third-order valence-corrected chi connectivity index (χ3v) is 2.93. The van der Waals surface area contributed by atoms with Crippen LogP contribution in [0.2, 0.25) is 0 Å². The fourth-order valence-electron chi connectivity index (χ4n) is 0.353. The first-order valence-corrected chi connectivity index (χ1v) is 5.61. The molecule has 0 unspecified atom stereocenters. The number of carbonyl (C=O) groups is 1. The van der Waals surface area contributed by atoms with Gasteiger partial charge in [0.2, 0.25) is 0 Å². The zero-order chi connectivity index (χ0) is 9.78. The van der Waals surface area contributed by atoms with Crippen LogP contribution in [0.1, 0.15) is 0 Å². The summed E-state index contributed by atoms with van der Waals surface area (Å²) in [5, 5.41) is 8.35. The van der Waals surface area contributed by atoms with Crippen molar-refractivity contribution in [2.75, 3.05) is 5.75 Å². The Morgan fingerprint density at radius 3 is 2.42 bits per heavy atom. The van der Waals surface area contributed by atoms with Crippen molar-refractivity contribution in [1.82, 2.24) is 0 Å². The third kappa shape index (κ3) is 5.10. The molecule has 0 aromatic heterocycles. The summed E-state index contributed by atoms with van der Waals surface area (Å²) in [6.45, 7) is 2.96. The van der Waals surface area contributed by atoms with Gasteiger partial charge in [0, 0.05) is 5.75 Å². The van der Waals surface area contributed by atoms with E-state index in [1.165, 1.54) is 0 Å². The van der Waals surface area contributed by atoms with E-state index in [2.05, 4.69) is 11.7 Å². The molecule has 0 saturated carbocycles. The van der Waals surface area contributed by atoms with E-state index < -0.39 is 21.2 Å². The molecule has 0 aliphatic carbocycles. The maximum absolute atomic E-state index is 10.2. The molecule has 0 fully saturated rings. The van der Waals surface area contributed by atoms with Crippen molar-refractivity contribution in [2.45, 2.75) is 6.04 Å². The van der Waals surface area contributed by atoms with Gasteiger partial charge in [0.15, 0.2) is 6.04 Å². The number of carboxylic acids is 1. The lowest BCUT2D eigenvalue weighted by molar-refractivity contribution is -0.137. The highest BCUT2D eigenvalue weighted by Gasteiger charge is 2.18. The predicted molar refractivity (Wildman–Crippen MR) is 45.0 cm³/mol. The lowest BCUT2D eigenvalue weighted by Gasteiger charge is -2.02. The minimum atomic E-state index is -4.20. The maximum Gasteiger partial charge on any atom is 0.329 e. The monoisotopic (exact) mass is 213 g/mol. The molecule has 2 N–H and O–H groups in total. The quantitative estimate of drug-likeness (QED) is 0.368. The molecule has 0 spiro atoms. The molecule has 0 aromatic rings. The van der Waals surface area contributed by atoms with Crippen LogP contribution in [-0.2, 0) is 13.9 Å². The molecule has 0 bridgehead atoms. The minimum Gasteiger partial charge on any atom is -0.480 e. The Morgan fingerprint density at radius 2 is 2.17 bits per heavy atom. The van der Waals surface area contributed by atoms with E-state index in [0.717, 1.165) is 0 Å². The first-order chi connectivity index (χ1) is 5.37. The molecule has 1 atom stereocenters. The van der Waals surface area contributed by atoms with E-state index in [1.807, 2.05) is 0 Å². The van der Waals surface area contributed by atoms with Crippen molar-refractivity contribution in [1.29, 1.82) is 0 Å². The summed E-state index contributed by atoms with van der Waals surface area (Å²) in [6, 6.07) is -1.21. The van der Waals surface area contributed by atoms with Crippen LogP contribution in [0.25, 0.3) is 0 Å². The van der Waals surface area contributed by atoms with Crippen LogP contribution in [0.3, 0.4) is 0 Å². The molecule has 0 radical (unpaired) electrons. The molecule has 0 saturated heterocycles. The lowest BCUT2D eigenvalue weighted by Crippen LogP contribution is -2.20. The number of aliphatic imine (C=N–C) groups is 1. The molecular formula is C4H7NO5S2. The number of aliphatic carboxylic acids is 1. The molecular weight excluding hydrogens is 206 g/mol. The molecule has 0 aliphatic rings. The fraction of sp³-hybridized carbons (Fsp3) is 0.500. The third-order valence-electron chi connectivity index (χ3n) is 0.880. The first-order valence-electron chi connectivity index (χ1n) is 2.67. The van der Waals surface area contributed by atoms with Gasteiger partial charge in [-0.2, -0.15) is 8.42 Å². The minimum absolute atomic E-state index is 0.108. The van der Waals surface area contributed by atoms with Gasteiger partial charge in [-0.15, -0.1) is 0 Å². The largest absolute Gasteiger partial charge is 0.480 e. The number of nitrogens with zero attached hydrogens (tertiary/aromatic N) is 1. The van der Waals surface area contributed by atoms with Crippen molar-refractivity contribution in [3.63, 3.8) is 0 Å². The average molecular weight is 213 g/mol. The predicted octanol–water partition coefficient (Wildman–Crippen LogP) is -0.324. The summed E-state index contributed by atoms with van der Waals surface area (Å²) in [5.74, 6) is -1.63. The van der Waals surface area contributed by atoms with Crippen LogP contribution in [0.4, 0.5) is 0 Å². The SMILES string of the molecule is C=N[C@@H](CSS(=O)(=O)O)C(=O)O. The Balaban J connectivity index is 4.07. The summed E-state index contributed by atoms with van der Waals surface area (Å²) in [5.41, 5.74) is 0. The van der Waals surface area contributed by atoms with Crippen LogP contribution in [0.5, 0.6) is 0 Å². The number of carboxylic acid groups (broad SMARTS) is 1. The van der Waals surface area contributed by atoms with Crippen molar-refractivity contribution >= 4 is 32.6 Å². The standard InChI is InChI=1S/C4H7NO5S2/c1-5-3(4(6)7)2-11-12(8,9)10/h3H,1-2H2,(H,6,7)(H,8,9,10)/t3-/m0/s1. The van der Waals surface area contributed by atoms with Crippen LogP contribution < -0.4 is 0 Å². The number of hydrogen-bond donors (Lipinski definition) is 2. The summed E-state index contributed by atoms with van der Waals surface area (Å²) < 4.78 is 28.5. The van der Waals surface area contributed by atoms with E-state index >= 15 is 0 Å². The molecule has 70 valence electrons. The number of hydrogen-bond acceptors (Lipinski definition) is 5. The molecule has 0 amide bonds. The average Bonchev–Trinajstić information content (AvgIpc) is 1.85. The topological polar surface area (TPSA) is 104 Å². The Labute approximate surface area is 72.8 Å². The second-order valence-electron chi connectivity index (χ2n) is 1.75. The summed E-state index contributed by atoms with van der Waals surface area (Å²) in [6.07, 6.45) is 0. The van der Waals surface area contributed by atoms with Gasteiger partial charge in [0.1, 0.15) is 0 Å². The van der Waals surface area contributed by atoms with Crippen LogP contribution in [0, 0.1) is 0 Å². The van der Waals surface area contributed by atoms with Gasteiger partial charge in [-0.1, -0.05) is 0 Å². The second kappa shape index (κ2) is 4.43. The molecule has 0 aliphatic heterocycles. The van der Waals surface area contributed by atoms with Gasteiger partial charge in [0.05, 0.1) is 0 Å². The normalized spacial score (nSPS) is 13.8. The lowest BCUT2D eigenvalue weighted by atomic mass is 10.4. The molecule has 8 heteroatoms. The van der Waals surface area contributed by atoms with Gasteiger partial charge < -0.3 is 5.11 Å². The van der Waals surface area contributed by atoms with Crippen molar-refractivity contribution < 1.29 is 22.9 Å². The molecule has 12 heavy (non-hydrogen) atoms. The van der Waals surface area contributed by atoms with E-state index in [-0.39, 0.29) is 16.5 Å². The zero-order valence-corrected chi connectivity index (χ0v) is 7.51. The van der Waals surface area contributed by atoms with E-state index in [9.17, 15) is 13.2 Å². The molecule has 0 aromatic carbocycles. The summed E-state index contributed by atoms with van der Waals surface area (Å²) in [4.78, 5) is 13.4. The maximum atomic E-state index is 10.2. The van der Waals surface area contributed by atoms with Crippen molar-refractivity contribution in [3.05, 3.63) is 0 Å². The van der Waals surface area contributed by atoms with Crippen LogP contribution in [-0.4, -0.2) is 42.6 Å². The van der Waals surface area contributed by atoms with E-state index in [0.29, 0.717) is 0 Å². The molecule has 0 rings (SSSR count). The Morgan fingerprint density at radius 1 is 1.67 bits per heavy atom. The van der Waals surface area contributed by atoms with Gasteiger partial charge in [-0.25, -0.2) is 4.79 Å². The summed E-state index contributed by atoms with van der Waals surface area (Å²) in [7, 11) is -4.09. The highest BCUT2D eigenvalue weighted by molar-refractivity contribution is 8.69. The highest BCUT2D eigenvalue weighted by Crippen LogP contribution is 2.12. The number of rotatable bonds is 5. The van der Waals surface area contributed by atoms with Crippen LogP contribution in [0.15, 0.2) is 4.99 Å². The second-order valence-corrected chi connectivity index (χ2v) is 5.14. The van der Waals surface area contributed by atoms with Crippen molar-refractivity contribution in [2.24, 2.45) is 4.99 Å². The van der Waals surface area contributed by atoms with Gasteiger partial charge in [-0.05, 0) is 17.5 Å². The van der Waals surface area contributed by atoms with Crippen molar-refractivity contribution in [3.8, 4) is 0 Å². The van der Waals surface area contributed by atoms with Gasteiger partial charge in [-0.3, -0.25) is 9.55 Å². The fourth-order valence-corrected chi connectivity index (χ4v) is 1.80. The Hall–Kier alpha value is -0.600. The van der Waals surface area contributed by atoms with E-state index in [4.69, 9.17) is 9.66 Å². The summed E-state index contributed by atoms with van der Waals surface area (Å²) >= 11 is 0. The van der Waals surface area contributed by atoms with Crippen LogP contribution >= 0.6 is 10.8 Å².